The number of hydrogen-bond acceptors (Lipinski definition) is 9. The average Bonchev–Trinajstić information content (AvgIpc) is 3.31. The number of phosphoric ester groups is 1. The second-order valence-electron chi connectivity index (χ2n) is 6.73. The number of nitrogens with one attached hydrogen (secondary N) is 1. The van der Waals surface area contributed by atoms with Crippen LogP contribution in [0.1, 0.15) is 0 Å². The third-order valence-electron chi connectivity index (χ3n) is 4.39. The number of hydrogen-bond donors (Lipinski definition) is 3. The number of cyclic esters (lactones) is 1. The number of phosphoric acid groups is 1. The van der Waals surface area contributed by atoms with Crippen LogP contribution in [0, 0.1) is 5.82 Å². The Kier molecular flexibility index (Phi) is 5.84. The molecule has 0 radical (unpaired) electrons. The summed E-state index contributed by atoms with van der Waals surface area (Å²) in [4.78, 5) is 36.2. The molecule has 0 saturated carbocycles. The number of pyridine rings is 1. The number of benzene rings is 1. The Morgan fingerprint density at radius 3 is 2.78 bits per heavy atom. The smallest absolute Gasteiger partial charge is 0.441 e. The van der Waals surface area contributed by atoms with Crippen molar-refractivity contribution in [1.29, 1.82) is 0 Å². The third-order valence-corrected chi connectivity index (χ3v) is 4.88. The minimum absolute atomic E-state index is 0.0457. The first-order chi connectivity index (χ1) is 15.2. The number of rotatable bonds is 7. The molecule has 0 bridgehead atoms. The molecule has 1 saturated heterocycles. The predicted molar refractivity (Wildman–Crippen MR) is 107 cm³/mol. The van der Waals surface area contributed by atoms with Gasteiger partial charge in [0.25, 0.3) is 5.95 Å². The van der Waals surface area contributed by atoms with Gasteiger partial charge in [-0.15, -0.1) is 5.10 Å². The summed E-state index contributed by atoms with van der Waals surface area (Å²) in [5.74, 6) is 0.121. The average molecular weight is 465 g/mol. The van der Waals surface area contributed by atoms with Crippen LogP contribution in [0.15, 0.2) is 36.5 Å². The molecule has 1 amide bonds. The van der Waals surface area contributed by atoms with E-state index in [0.717, 1.165) is 4.90 Å². The van der Waals surface area contributed by atoms with Crippen molar-refractivity contribution in [2.75, 3.05) is 23.4 Å². The van der Waals surface area contributed by atoms with Crippen molar-refractivity contribution in [2.24, 2.45) is 7.05 Å². The summed E-state index contributed by atoms with van der Waals surface area (Å²) in [7, 11) is -3.07. The van der Waals surface area contributed by atoms with Crippen LogP contribution in [0.2, 0.25) is 0 Å². The number of aryl methyl sites for hydroxylation is 1. The van der Waals surface area contributed by atoms with E-state index in [9.17, 15) is 13.8 Å². The number of anilines is 3. The minimum Gasteiger partial charge on any atom is -0.441 e. The highest BCUT2D eigenvalue weighted by molar-refractivity contribution is 7.46. The van der Waals surface area contributed by atoms with Crippen LogP contribution in [-0.2, 0) is 20.9 Å². The molecule has 168 valence electrons. The number of nitrogens with zero attached hydrogens (tertiary/aromatic N) is 6. The molecule has 15 heteroatoms. The lowest BCUT2D eigenvalue weighted by molar-refractivity contribution is 0.0880. The molecule has 1 aliphatic rings. The molecule has 0 aliphatic carbocycles. The largest absolute Gasteiger partial charge is 0.469 e. The summed E-state index contributed by atoms with van der Waals surface area (Å²) in [5, 5.41) is 14.3. The summed E-state index contributed by atoms with van der Waals surface area (Å²) in [6.45, 7) is -0.529. The van der Waals surface area contributed by atoms with E-state index in [4.69, 9.17) is 14.5 Å². The maximum atomic E-state index is 14.8. The van der Waals surface area contributed by atoms with Gasteiger partial charge in [-0.05, 0) is 35.5 Å². The standard InChI is InChI=1S/C17H17FN7O6P/c1-24-22-16(21-23-24)20-15-5-2-10(7-19-15)13-4-3-11(6-14(13)18)25-8-12(31-17(25)26)9-30-32(27,28)29/h2-7,12H,8-9H2,1H3,(H,19,20,22)(H2,27,28,29)/t12-/m1/s1. The number of amides is 1. The quantitative estimate of drug-likeness (QED) is 0.434. The maximum absolute atomic E-state index is 14.8. The molecule has 2 aromatic heterocycles. The van der Waals surface area contributed by atoms with Gasteiger partial charge >= 0.3 is 13.9 Å². The van der Waals surface area contributed by atoms with Crippen molar-refractivity contribution in [3.05, 3.63) is 42.3 Å². The number of halogens is 1. The Balaban J connectivity index is 1.45. The first kappa shape index (κ1) is 21.8. The second kappa shape index (κ2) is 8.59. The summed E-state index contributed by atoms with van der Waals surface area (Å²) in [5.41, 5.74) is 0.998. The monoisotopic (exact) mass is 465 g/mol. The fourth-order valence-electron chi connectivity index (χ4n) is 2.98. The number of aromatic nitrogens is 5. The Hall–Kier alpha value is -3.45. The van der Waals surface area contributed by atoms with Gasteiger partial charge in [0.1, 0.15) is 17.7 Å². The van der Waals surface area contributed by atoms with Gasteiger partial charge in [0.15, 0.2) is 0 Å². The molecular formula is C17H17FN7O6P. The van der Waals surface area contributed by atoms with Crippen LogP contribution in [0.4, 0.5) is 26.6 Å². The molecule has 0 unspecified atom stereocenters. The lowest BCUT2D eigenvalue weighted by Gasteiger charge is -2.14. The fourth-order valence-corrected chi connectivity index (χ4v) is 3.34. The van der Waals surface area contributed by atoms with E-state index in [1.54, 1.807) is 19.2 Å². The van der Waals surface area contributed by atoms with E-state index in [2.05, 4.69) is 30.2 Å². The molecule has 1 aliphatic heterocycles. The van der Waals surface area contributed by atoms with Crippen molar-refractivity contribution in [3.63, 3.8) is 0 Å². The van der Waals surface area contributed by atoms with Crippen molar-refractivity contribution < 1.29 is 32.8 Å². The second-order valence-corrected chi connectivity index (χ2v) is 7.97. The molecule has 1 fully saturated rings. The molecule has 0 spiro atoms. The van der Waals surface area contributed by atoms with Gasteiger partial charge in [-0.2, -0.15) is 4.80 Å². The van der Waals surface area contributed by atoms with Crippen LogP contribution in [0.3, 0.4) is 0 Å². The van der Waals surface area contributed by atoms with Crippen LogP contribution < -0.4 is 10.2 Å². The van der Waals surface area contributed by atoms with E-state index < -0.39 is 32.4 Å². The molecule has 1 atom stereocenters. The van der Waals surface area contributed by atoms with Crippen LogP contribution in [-0.4, -0.2) is 60.3 Å². The zero-order valence-corrected chi connectivity index (χ0v) is 17.4. The van der Waals surface area contributed by atoms with E-state index >= 15 is 0 Å². The molecule has 3 N–H and O–H groups in total. The molecule has 32 heavy (non-hydrogen) atoms. The number of tetrazole rings is 1. The fraction of sp³-hybridized carbons (Fsp3) is 0.235. The normalized spacial score (nSPS) is 16.3. The van der Waals surface area contributed by atoms with Gasteiger partial charge in [-0.3, -0.25) is 9.42 Å². The topological polar surface area (TPSA) is 165 Å². The Morgan fingerprint density at radius 1 is 1.34 bits per heavy atom. The van der Waals surface area contributed by atoms with Crippen molar-refractivity contribution in [2.45, 2.75) is 6.10 Å². The third kappa shape index (κ3) is 5.06. The zero-order chi connectivity index (χ0) is 22.9. The van der Waals surface area contributed by atoms with Gasteiger partial charge in [-0.25, -0.2) is 18.7 Å². The van der Waals surface area contributed by atoms with Crippen molar-refractivity contribution in [3.8, 4) is 11.1 Å². The molecule has 4 rings (SSSR count). The van der Waals surface area contributed by atoms with Crippen LogP contribution >= 0.6 is 7.82 Å². The minimum atomic E-state index is -4.69. The first-order valence-electron chi connectivity index (χ1n) is 9.13. The highest BCUT2D eigenvalue weighted by Gasteiger charge is 2.34. The van der Waals surface area contributed by atoms with Crippen LogP contribution in [0.25, 0.3) is 11.1 Å². The summed E-state index contributed by atoms with van der Waals surface area (Å²) < 4.78 is 35.0. The van der Waals surface area contributed by atoms with E-state index in [1.807, 2.05) is 0 Å². The van der Waals surface area contributed by atoms with E-state index in [0.29, 0.717) is 11.4 Å². The SMILES string of the molecule is Cn1nnc(Nc2ccc(-c3ccc(N4C[C@H](COP(=O)(O)O)OC4=O)cc3F)cn2)n1. The van der Waals surface area contributed by atoms with Crippen molar-refractivity contribution in [1.82, 2.24) is 25.2 Å². The summed E-state index contributed by atoms with van der Waals surface area (Å²) in [6, 6.07) is 7.47. The predicted octanol–water partition coefficient (Wildman–Crippen LogP) is 1.59. The van der Waals surface area contributed by atoms with E-state index in [-0.39, 0.29) is 23.7 Å². The van der Waals surface area contributed by atoms with Gasteiger partial charge < -0.3 is 19.8 Å². The maximum Gasteiger partial charge on any atom is 0.469 e. The number of carbonyl (C=O) groups excluding carboxylic acids is 1. The lowest BCUT2D eigenvalue weighted by atomic mass is 10.1. The number of ether oxygens (including phenoxy) is 1. The van der Waals surface area contributed by atoms with Gasteiger partial charge in [0.2, 0.25) is 0 Å². The molecule has 1 aromatic carbocycles. The van der Waals surface area contributed by atoms with Gasteiger partial charge in [-0.1, -0.05) is 5.10 Å². The van der Waals surface area contributed by atoms with Gasteiger partial charge in [0.05, 0.1) is 25.9 Å². The zero-order valence-electron chi connectivity index (χ0n) is 16.5. The summed E-state index contributed by atoms with van der Waals surface area (Å²) in [6.07, 6.45) is -0.201. The van der Waals surface area contributed by atoms with Crippen LogP contribution in [0.5, 0.6) is 0 Å². The lowest BCUT2D eigenvalue weighted by Crippen LogP contribution is -2.25. The molecular weight excluding hydrogens is 448 g/mol. The Bertz CT molecular complexity index is 1180. The highest BCUT2D eigenvalue weighted by atomic mass is 31.2. The van der Waals surface area contributed by atoms with E-state index in [1.165, 1.54) is 29.2 Å². The molecule has 3 aromatic rings. The van der Waals surface area contributed by atoms with Gasteiger partial charge in [0, 0.05) is 17.3 Å². The Morgan fingerprint density at radius 2 is 2.16 bits per heavy atom. The molecule has 13 nitrogen and oxygen atoms in total. The highest BCUT2D eigenvalue weighted by Crippen LogP contribution is 2.37. The summed E-state index contributed by atoms with van der Waals surface area (Å²) >= 11 is 0. The van der Waals surface area contributed by atoms with Crippen molar-refractivity contribution >= 4 is 31.4 Å². The molecule has 3 heterocycles. The Labute approximate surface area is 180 Å². The number of carbonyl (C=O) groups is 1. The first-order valence-corrected chi connectivity index (χ1v) is 10.7.